The van der Waals surface area contributed by atoms with Gasteiger partial charge in [0.2, 0.25) is 0 Å². The molecule has 0 amide bonds. The molecule has 0 unspecified atom stereocenters. The number of hydrogen-bond acceptors (Lipinski definition) is 3. The summed E-state index contributed by atoms with van der Waals surface area (Å²) >= 11 is 5.76. The Balaban J connectivity index is 2.38. The predicted molar refractivity (Wildman–Crippen MR) is 64.3 cm³/mol. The van der Waals surface area contributed by atoms with Crippen LogP contribution in [0.3, 0.4) is 0 Å². The lowest BCUT2D eigenvalue weighted by Crippen LogP contribution is -1.84. The molecule has 0 fully saturated rings. The SMILES string of the molecule is O=CCC=Cc1ccc2ncc(Cl)nc2c1. The molecule has 2 aromatic rings. The summed E-state index contributed by atoms with van der Waals surface area (Å²) in [5, 5.41) is 0.376. The van der Waals surface area contributed by atoms with E-state index in [2.05, 4.69) is 9.97 Å². The van der Waals surface area contributed by atoms with Gasteiger partial charge in [-0.15, -0.1) is 0 Å². The second-order valence-electron chi connectivity index (χ2n) is 3.25. The maximum atomic E-state index is 10.2. The van der Waals surface area contributed by atoms with Gasteiger partial charge in [0.25, 0.3) is 0 Å². The lowest BCUT2D eigenvalue weighted by molar-refractivity contribution is -0.107. The van der Waals surface area contributed by atoms with Crippen LogP contribution in [0.1, 0.15) is 12.0 Å². The van der Waals surface area contributed by atoms with E-state index in [1.807, 2.05) is 24.3 Å². The molecule has 0 radical (unpaired) electrons. The molecule has 0 bridgehead atoms. The molecule has 0 aliphatic rings. The van der Waals surface area contributed by atoms with E-state index >= 15 is 0 Å². The van der Waals surface area contributed by atoms with E-state index in [4.69, 9.17) is 11.6 Å². The van der Waals surface area contributed by atoms with Crippen LogP contribution in [0.4, 0.5) is 0 Å². The van der Waals surface area contributed by atoms with Gasteiger partial charge in [-0.25, -0.2) is 4.98 Å². The lowest BCUT2D eigenvalue weighted by Gasteiger charge is -1.98. The molecule has 80 valence electrons. The molecule has 1 heterocycles. The minimum absolute atomic E-state index is 0.376. The summed E-state index contributed by atoms with van der Waals surface area (Å²) < 4.78 is 0. The van der Waals surface area contributed by atoms with Crippen LogP contribution in [0.15, 0.2) is 30.5 Å². The predicted octanol–water partition coefficient (Wildman–Crippen LogP) is 2.89. The highest BCUT2D eigenvalue weighted by molar-refractivity contribution is 6.29. The summed E-state index contributed by atoms with van der Waals surface area (Å²) in [6.07, 6.45) is 6.46. The van der Waals surface area contributed by atoms with Crippen LogP contribution in [0.2, 0.25) is 5.15 Å². The Bertz CT molecular complexity index is 552. The molecular weight excluding hydrogens is 224 g/mol. The summed E-state index contributed by atoms with van der Waals surface area (Å²) in [4.78, 5) is 18.5. The van der Waals surface area contributed by atoms with Crippen molar-refractivity contribution in [3.05, 3.63) is 41.2 Å². The topological polar surface area (TPSA) is 42.9 Å². The van der Waals surface area contributed by atoms with Gasteiger partial charge in [-0.3, -0.25) is 4.98 Å². The number of hydrogen-bond donors (Lipinski definition) is 0. The quantitative estimate of drug-likeness (QED) is 0.765. The van der Waals surface area contributed by atoms with Crippen molar-refractivity contribution in [3.63, 3.8) is 0 Å². The molecule has 3 nitrogen and oxygen atoms in total. The van der Waals surface area contributed by atoms with Crippen LogP contribution < -0.4 is 0 Å². The average Bonchev–Trinajstić information content (AvgIpc) is 2.29. The molecule has 2 rings (SSSR count). The third-order valence-electron chi connectivity index (χ3n) is 2.08. The number of halogens is 1. The highest BCUT2D eigenvalue weighted by atomic mass is 35.5. The molecule has 0 atom stereocenters. The molecule has 4 heteroatoms. The minimum atomic E-state index is 0.376. The summed E-state index contributed by atoms with van der Waals surface area (Å²) in [7, 11) is 0. The first-order chi connectivity index (χ1) is 7.79. The van der Waals surface area contributed by atoms with Gasteiger partial charge in [-0.1, -0.05) is 29.8 Å². The fraction of sp³-hybridized carbons (Fsp3) is 0.0833. The molecule has 1 aromatic carbocycles. The van der Waals surface area contributed by atoms with Gasteiger partial charge < -0.3 is 4.79 Å². The van der Waals surface area contributed by atoms with Crippen LogP contribution in [0.25, 0.3) is 17.1 Å². The normalized spacial score (nSPS) is 11.1. The number of carbonyl (C=O) groups is 1. The Kier molecular flexibility index (Phi) is 3.27. The summed E-state index contributed by atoms with van der Waals surface area (Å²) in [5.74, 6) is 0. The zero-order chi connectivity index (χ0) is 11.4. The van der Waals surface area contributed by atoms with E-state index in [1.54, 1.807) is 6.08 Å². The van der Waals surface area contributed by atoms with E-state index in [0.29, 0.717) is 11.6 Å². The summed E-state index contributed by atoms with van der Waals surface area (Å²) in [5.41, 5.74) is 2.53. The van der Waals surface area contributed by atoms with E-state index in [-0.39, 0.29) is 0 Å². The zero-order valence-corrected chi connectivity index (χ0v) is 9.19. The van der Waals surface area contributed by atoms with Crippen molar-refractivity contribution in [1.82, 2.24) is 9.97 Å². The van der Waals surface area contributed by atoms with Gasteiger partial charge in [0, 0.05) is 6.42 Å². The number of carbonyl (C=O) groups excluding carboxylic acids is 1. The van der Waals surface area contributed by atoms with Crippen molar-refractivity contribution in [2.75, 3.05) is 0 Å². The highest BCUT2D eigenvalue weighted by Gasteiger charge is 1.98. The van der Waals surface area contributed by atoms with Crippen LogP contribution >= 0.6 is 11.6 Å². The molecule has 0 saturated heterocycles. The van der Waals surface area contributed by atoms with Crippen LogP contribution in [0, 0.1) is 0 Å². The second-order valence-corrected chi connectivity index (χ2v) is 3.63. The monoisotopic (exact) mass is 232 g/mol. The van der Waals surface area contributed by atoms with Gasteiger partial charge in [-0.2, -0.15) is 0 Å². The third kappa shape index (κ3) is 2.44. The van der Waals surface area contributed by atoms with Crippen molar-refractivity contribution in [2.45, 2.75) is 6.42 Å². The zero-order valence-electron chi connectivity index (χ0n) is 8.43. The molecule has 0 N–H and O–H groups in total. The summed E-state index contributed by atoms with van der Waals surface area (Å²) in [6.45, 7) is 0. The van der Waals surface area contributed by atoms with Crippen molar-refractivity contribution >= 4 is 35.0 Å². The molecule has 0 aliphatic carbocycles. The number of aldehydes is 1. The molecule has 0 saturated carbocycles. The third-order valence-corrected chi connectivity index (χ3v) is 2.26. The Morgan fingerprint density at radius 3 is 3.00 bits per heavy atom. The maximum absolute atomic E-state index is 10.2. The Labute approximate surface area is 97.8 Å². The number of rotatable bonds is 3. The van der Waals surface area contributed by atoms with Gasteiger partial charge in [0.05, 0.1) is 17.2 Å². The highest BCUT2D eigenvalue weighted by Crippen LogP contribution is 2.15. The van der Waals surface area contributed by atoms with Crippen molar-refractivity contribution in [2.24, 2.45) is 0 Å². The fourth-order valence-corrected chi connectivity index (χ4v) is 1.51. The molecule has 1 aromatic heterocycles. The first-order valence-corrected chi connectivity index (χ1v) is 5.20. The van der Waals surface area contributed by atoms with Crippen LogP contribution in [-0.2, 0) is 4.79 Å². The van der Waals surface area contributed by atoms with Gasteiger partial charge in [-0.05, 0) is 17.7 Å². The molecule has 0 aliphatic heterocycles. The first kappa shape index (κ1) is 10.8. The first-order valence-electron chi connectivity index (χ1n) is 4.82. The number of fused-ring (bicyclic) bond motifs is 1. The van der Waals surface area contributed by atoms with Crippen molar-refractivity contribution in [1.29, 1.82) is 0 Å². The number of nitrogens with zero attached hydrogens (tertiary/aromatic N) is 2. The van der Waals surface area contributed by atoms with Crippen LogP contribution in [-0.4, -0.2) is 16.3 Å². The van der Waals surface area contributed by atoms with Crippen molar-refractivity contribution in [3.8, 4) is 0 Å². The smallest absolute Gasteiger partial charge is 0.148 e. The number of benzene rings is 1. The van der Waals surface area contributed by atoms with Gasteiger partial charge >= 0.3 is 0 Å². The largest absolute Gasteiger partial charge is 0.303 e. The average molecular weight is 233 g/mol. The van der Waals surface area contributed by atoms with Crippen LogP contribution in [0.5, 0.6) is 0 Å². The van der Waals surface area contributed by atoms with Crippen molar-refractivity contribution < 1.29 is 4.79 Å². The number of allylic oxidation sites excluding steroid dienone is 1. The van der Waals surface area contributed by atoms with Gasteiger partial charge in [0.1, 0.15) is 11.4 Å². The molecule has 0 spiro atoms. The molecule has 16 heavy (non-hydrogen) atoms. The van der Waals surface area contributed by atoms with E-state index in [0.717, 1.165) is 22.9 Å². The molecular formula is C12H9ClN2O. The van der Waals surface area contributed by atoms with E-state index < -0.39 is 0 Å². The minimum Gasteiger partial charge on any atom is -0.303 e. The van der Waals surface area contributed by atoms with Gasteiger partial charge in [0.15, 0.2) is 0 Å². The Hall–Kier alpha value is -1.74. The van der Waals surface area contributed by atoms with E-state index in [9.17, 15) is 4.79 Å². The Morgan fingerprint density at radius 1 is 1.31 bits per heavy atom. The van der Waals surface area contributed by atoms with E-state index in [1.165, 1.54) is 6.20 Å². The fourth-order valence-electron chi connectivity index (χ4n) is 1.37. The standard InChI is InChI=1S/C12H9ClN2O/c13-12-8-14-10-5-4-9(3-1-2-6-16)7-11(10)15-12/h1,3-8H,2H2. The number of aromatic nitrogens is 2. The second kappa shape index (κ2) is 4.86. The summed E-state index contributed by atoms with van der Waals surface area (Å²) in [6, 6.07) is 5.68. The Morgan fingerprint density at radius 2 is 2.19 bits per heavy atom. The lowest BCUT2D eigenvalue weighted by atomic mass is 10.1. The maximum Gasteiger partial charge on any atom is 0.148 e.